The quantitative estimate of drug-likeness (QED) is 0.881. The van der Waals surface area contributed by atoms with Gasteiger partial charge in [0.25, 0.3) is 0 Å². The Morgan fingerprint density at radius 1 is 1.25 bits per heavy atom. The van der Waals surface area contributed by atoms with E-state index >= 15 is 0 Å². The second kappa shape index (κ2) is 5.32. The summed E-state index contributed by atoms with van der Waals surface area (Å²) >= 11 is 0. The van der Waals surface area contributed by atoms with Gasteiger partial charge in [-0.05, 0) is 23.3 Å². The summed E-state index contributed by atoms with van der Waals surface area (Å²) in [6.45, 7) is 2.29. The summed E-state index contributed by atoms with van der Waals surface area (Å²) in [6, 6.07) is 4.87. The second-order valence-corrected chi connectivity index (χ2v) is 4.91. The molecule has 1 aromatic rings. The number of carboxylic acids is 1. The Bertz CT molecular complexity index is 583. The van der Waals surface area contributed by atoms with E-state index in [4.69, 9.17) is 5.11 Å². The number of nitrogens with zero attached hydrogens (tertiary/aromatic N) is 2. The van der Waals surface area contributed by atoms with Crippen LogP contribution in [0.1, 0.15) is 28.4 Å². The molecule has 0 aromatic heterocycles. The summed E-state index contributed by atoms with van der Waals surface area (Å²) in [5.41, 5.74) is 2.02. The summed E-state index contributed by atoms with van der Waals surface area (Å²) in [7, 11) is 1.58. The van der Waals surface area contributed by atoms with Crippen LogP contribution in [0, 0.1) is 0 Å². The molecule has 0 aliphatic carbocycles. The monoisotopic (exact) mass is 276 g/mol. The van der Waals surface area contributed by atoms with Crippen molar-refractivity contribution in [2.24, 2.45) is 0 Å². The summed E-state index contributed by atoms with van der Waals surface area (Å²) < 4.78 is 0. The molecule has 6 nitrogen and oxygen atoms in total. The van der Waals surface area contributed by atoms with Crippen LogP contribution in [-0.2, 0) is 22.7 Å². The van der Waals surface area contributed by atoms with Gasteiger partial charge >= 0.3 is 5.97 Å². The zero-order valence-corrected chi connectivity index (χ0v) is 11.4. The molecule has 0 saturated carbocycles. The van der Waals surface area contributed by atoms with E-state index in [-0.39, 0.29) is 23.9 Å². The first-order chi connectivity index (χ1) is 9.38. The molecule has 1 aliphatic rings. The molecule has 0 radical (unpaired) electrons. The van der Waals surface area contributed by atoms with E-state index in [0.717, 1.165) is 11.1 Å². The van der Waals surface area contributed by atoms with Gasteiger partial charge in [0.2, 0.25) is 11.8 Å². The number of rotatable bonds is 3. The van der Waals surface area contributed by atoms with Gasteiger partial charge in [-0.3, -0.25) is 9.59 Å². The van der Waals surface area contributed by atoms with E-state index in [0.29, 0.717) is 13.1 Å². The highest BCUT2D eigenvalue weighted by atomic mass is 16.4. The molecule has 1 N–H and O–H groups in total. The second-order valence-electron chi connectivity index (χ2n) is 4.91. The molecular formula is C14H16N2O4. The highest BCUT2D eigenvalue weighted by Gasteiger charge is 2.25. The summed E-state index contributed by atoms with van der Waals surface area (Å²) in [5, 5.41) is 8.95. The standard InChI is InChI=1S/C14H16N2O4/c1-9(17)15(2)8-13(18)16-6-11-4-3-10(14(19)20)5-12(11)7-16/h3-5H,6-8H2,1-2H3,(H,19,20). The van der Waals surface area contributed by atoms with Crippen molar-refractivity contribution in [3.05, 3.63) is 34.9 Å². The van der Waals surface area contributed by atoms with Gasteiger partial charge in [-0.1, -0.05) is 6.07 Å². The van der Waals surface area contributed by atoms with Crippen molar-refractivity contribution < 1.29 is 19.5 Å². The van der Waals surface area contributed by atoms with Gasteiger partial charge in [0.1, 0.15) is 0 Å². The van der Waals surface area contributed by atoms with Crippen molar-refractivity contribution in [3.63, 3.8) is 0 Å². The summed E-state index contributed by atoms with van der Waals surface area (Å²) in [5.74, 6) is -1.28. The highest BCUT2D eigenvalue weighted by molar-refractivity contribution is 5.88. The van der Waals surface area contributed by atoms with Crippen molar-refractivity contribution in [2.75, 3.05) is 13.6 Å². The number of hydrogen-bond acceptors (Lipinski definition) is 3. The molecule has 0 fully saturated rings. The first kappa shape index (κ1) is 14.0. The normalized spacial score (nSPS) is 13.0. The first-order valence-electron chi connectivity index (χ1n) is 6.23. The minimum absolute atomic E-state index is 0.0368. The number of aromatic carboxylic acids is 1. The van der Waals surface area contributed by atoms with Crippen LogP contribution in [0.25, 0.3) is 0 Å². The molecule has 0 saturated heterocycles. The van der Waals surface area contributed by atoms with Crippen LogP contribution in [0.5, 0.6) is 0 Å². The van der Waals surface area contributed by atoms with Gasteiger partial charge in [-0.15, -0.1) is 0 Å². The van der Waals surface area contributed by atoms with Crippen LogP contribution in [0.3, 0.4) is 0 Å². The van der Waals surface area contributed by atoms with Crippen LogP contribution in [-0.4, -0.2) is 46.3 Å². The maximum Gasteiger partial charge on any atom is 0.335 e. The molecule has 20 heavy (non-hydrogen) atoms. The number of likely N-dealkylation sites (N-methyl/N-ethyl adjacent to an activating group) is 1. The minimum atomic E-state index is -0.978. The van der Waals surface area contributed by atoms with Crippen molar-refractivity contribution in [3.8, 4) is 0 Å². The Hall–Kier alpha value is -2.37. The lowest BCUT2D eigenvalue weighted by atomic mass is 10.1. The zero-order valence-electron chi connectivity index (χ0n) is 11.4. The largest absolute Gasteiger partial charge is 0.478 e. The Balaban J connectivity index is 2.07. The molecule has 6 heteroatoms. The number of carbonyl (C=O) groups is 3. The van der Waals surface area contributed by atoms with Crippen LogP contribution in [0.4, 0.5) is 0 Å². The van der Waals surface area contributed by atoms with Gasteiger partial charge in [0, 0.05) is 27.1 Å². The fourth-order valence-corrected chi connectivity index (χ4v) is 2.12. The average molecular weight is 276 g/mol. The van der Waals surface area contributed by atoms with Crippen molar-refractivity contribution in [2.45, 2.75) is 20.0 Å². The van der Waals surface area contributed by atoms with E-state index in [2.05, 4.69) is 0 Å². The number of benzene rings is 1. The number of carboxylic acid groups (broad SMARTS) is 1. The third-order valence-electron chi connectivity index (χ3n) is 3.44. The molecule has 0 atom stereocenters. The Morgan fingerprint density at radius 3 is 2.50 bits per heavy atom. The smallest absolute Gasteiger partial charge is 0.335 e. The fourth-order valence-electron chi connectivity index (χ4n) is 2.12. The molecule has 2 rings (SSSR count). The van der Waals surface area contributed by atoms with Gasteiger partial charge in [0.05, 0.1) is 12.1 Å². The van der Waals surface area contributed by atoms with E-state index in [9.17, 15) is 14.4 Å². The molecule has 106 valence electrons. The molecular weight excluding hydrogens is 260 g/mol. The van der Waals surface area contributed by atoms with Gasteiger partial charge in [-0.2, -0.15) is 0 Å². The molecule has 0 bridgehead atoms. The average Bonchev–Trinajstić information content (AvgIpc) is 2.80. The van der Waals surface area contributed by atoms with Crippen LogP contribution < -0.4 is 0 Å². The molecule has 1 aliphatic heterocycles. The van der Waals surface area contributed by atoms with Crippen molar-refractivity contribution >= 4 is 17.8 Å². The molecule has 2 amide bonds. The number of hydrogen-bond donors (Lipinski definition) is 1. The zero-order chi connectivity index (χ0) is 14.9. The maximum absolute atomic E-state index is 12.1. The Morgan fingerprint density at radius 2 is 1.90 bits per heavy atom. The van der Waals surface area contributed by atoms with Crippen molar-refractivity contribution in [1.82, 2.24) is 9.80 Å². The van der Waals surface area contributed by atoms with Gasteiger partial charge < -0.3 is 14.9 Å². The predicted octanol–water partition coefficient (Wildman–Crippen LogP) is 0.705. The lowest BCUT2D eigenvalue weighted by Gasteiger charge is -2.20. The van der Waals surface area contributed by atoms with E-state index in [1.54, 1.807) is 24.1 Å². The molecule has 1 heterocycles. The highest BCUT2D eigenvalue weighted by Crippen LogP contribution is 2.24. The van der Waals surface area contributed by atoms with Crippen molar-refractivity contribution in [1.29, 1.82) is 0 Å². The lowest BCUT2D eigenvalue weighted by molar-refractivity contribution is -0.138. The molecule has 1 aromatic carbocycles. The minimum Gasteiger partial charge on any atom is -0.478 e. The third-order valence-corrected chi connectivity index (χ3v) is 3.44. The fraction of sp³-hybridized carbons (Fsp3) is 0.357. The van der Waals surface area contributed by atoms with Crippen LogP contribution in [0.15, 0.2) is 18.2 Å². The molecule has 0 unspecified atom stereocenters. The lowest BCUT2D eigenvalue weighted by Crippen LogP contribution is -2.37. The van der Waals surface area contributed by atoms with E-state index in [1.165, 1.54) is 17.9 Å². The first-order valence-corrected chi connectivity index (χ1v) is 6.23. The van der Waals surface area contributed by atoms with Gasteiger partial charge in [0.15, 0.2) is 0 Å². The predicted molar refractivity (Wildman–Crippen MR) is 71.0 cm³/mol. The van der Waals surface area contributed by atoms with Gasteiger partial charge in [-0.25, -0.2) is 4.79 Å². The maximum atomic E-state index is 12.1. The SMILES string of the molecule is CC(=O)N(C)CC(=O)N1Cc2ccc(C(=O)O)cc2C1. The Kier molecular flexibility index (Phi) is 3.74. The number of amides is 2. The van der Waals surface area contributed by atoms with E-state index in [1.807, 2.05) is 0 Å². The van der Waals surface area contributed by atoms with Crippen LogP contribution in [0.2, 0.25) is 0 Å². The number of carbonyl (C=O) groups excluding carboxylic acids is 2. The number of fused-ring (bicyclic) bond motifs is 1. The topological polar surface area (TPSA) is 77.9 Å². The molecule has 0 spiro atoms. The van der Waals surface area contributed by atoms with Crippen LogP contribution >= 0.6 is 0 Å². The summed E-state index contributed by atoms with van der Waals surface area (Å²) in [4.78, 5) is 37.1. The Labute approximate surface area is 116 Å². The van der Waals surface area contributed by atoms with E-state index < -0.39 is 5.97 Å². The summed E-state index contributed by atoms with van der Waals surface area (Å²) in [6.07, 6.45) is 0. The third kappa shape index (κ3) is 2.79.